The fraction of sp³-hybridized carbons (Fsp3) is 0.192. The van der Waals surface area contributed by atoms with Crippen LogP contribution in [0.25, 0.3) is 22.1 Å². The molecule has 1 amide bonds. The number of furan rings is 1. The second-order valence-electron chi connectivity index (χ2n) is 8.25. The zero-order chi connectivity index (χ0) is 23.8. The molecular formula is C26H23N3O3S2. The van der Waals surface area contributed by atoms with Crippen LogP contribution >= 0.6 is 23.1 Å². The lowest BCUT2D eigenvalue weighted by molar-refractivity contribution is -0.113. The number of aromatic nitrogens is 2. The van der Waals surface area contributed by atoms with Crippen molar-refractivity contribution in [3.63, 3.8) is 0 Å². The number of anilines is 1. The molecule has 3 aromatic heterocycles. The molecule has 2 aromatic carbocycles. The topological polar surface area (TPSA) is 77.1 Å². The number of amides is 1. The van der Waals surface area contributed by atoms with E-state index in [9.17, 15) is 9.59 Å². The van der Waals surface area contributed by atoms with Crippen molar-refractivity contribution in [2.75, 3.05) is 11.1 Å². The van der Waals surface area contributed by atoms with Crippen LogP contribution in [0.5, 0.6) is 0 Å². The minimum absolute atomic E-state index is 0.130. The second-order valence-corrected chi connectivity index (χ2v) is 10.2. The van der Waals surface area contributed by atoms with Crippen LogP contribution in [0, 0.1) is 20.8 Å². The number of hydrogen-bond acceptors (Lipinski definition) is 6. The lowest BCUT2D eigenvalue weighted by atomic mass is 10.1. The molecule has 0 radical (unpaired) electrons. The third-order valence-electron chi connectivity index (χ3n) is 5.61. The van der Waals surface area contributed by atoms with Crippen molar-refractivity contribution in [3.8, 4) is 0 Å². The molecule has 3 heterocycles. The van der Waals surface area contributed by atoms with Gasteiger partial charge in [-0.3, -0.25) is 14.2 Å². The number of carbonyl (C=O) groups excluding carboxylic acids is 1. The van der Waals surface area contributed by atoms with Crippen molar-refractivity contribution in [1.29, 1.82) is 0 Å². The highest BCUT2D eigenvalue weighted by atomic mass is 32.2. The Bertz CT molecular complexity index is 1560. The Morgan fingerprint density at radius 3 is 2.62 bits per heavy atom. The number of thioether (sulfide) groups is 1. The molecule has 0 aliphatic heterocycles. The lowest BCUT2D eigenvalue weighted by Gasteiger charge is -2.14. The standard InChI is InChI=1S/C26H23N3O3S2/c1-15-11-16(2)22(17(3)12-15)27-21(30)14-34-26-28-23-19-8-4-5-9-20(19)32-24(23)25(31)29(26)13-18-7-6-10-33-18/h4-12H,13-14H2,1-3H3,(H,27,30). The van der Waals surface area contributed by atoms with Gasteiger partial charge in [0, 0.05) is 16.0 Å². The van der Waals surface area contributed by atoms with E-state index in [-0.39, 0.29) is 22.8 Å². The molecule has 1 N–H and O–H groups in total. The molecule has 34 heavy (non-hydrogen) atoms. The molecule has 5 aromatic rings. The van der Waals surface area contributed by atoms with Crippen LogP contribution in [0.2, 0.25) is 0 Å². The fourth-order valence-electron chi connectivity index (χ4n) is 4.14. The molecule has 0 saturated heterocycles. The molecule has 0 spiro atoms. The normalized spacial score (nSPS) is 11.4. The third-order valence-corrected chi connectivity index (χ3v) is 7.45. The summed E-state index contributed by atoms with van der Waals surface area (Å²) in [6.45, 7) is 6.38. The Balaban J connectivity index is 1.49. The van der Waals surface area contributed by atoms with E-state index in [0.29, 0.717) is 22.8 Å². The number of nitrogens with one attached hydrogen (secondary N) is 1. The summed E-state index contributed by atoms with van der Waals surface area (Å²) in [6.07, 6.45) is 0. The largest absolute Gasteiger partial charge is 0.448 e. The summed E-state index contributed by atoms with van der Waals surface area (Å²) in [5.74, 6) is -0.0144. The molecule has 0 unspecified atom stereocenters. The number of benzene rings is 2. The first-order chi connectivity index (χ1) is 16.4. The maximum atomic E-state index is 13.4. The van der Waals surface area contributed by atoms with Gasteiger partial charge in [0.25, 0.3) is 5.56 Å². The van der Waals surface area contributed by atoms with Crippen LogP contribution in [0.1, 0.15) is 21.6 Å². The van der Waals surface area contributed by atoms with E-state index in [1.807, 2.05) is 74.7 Å². The average molecular weight is 490 g/mol. The first-order valence-corrected chi connectivity index (χ1v) is 12.7. The van der Waals surface area contributed by atoms with Gasteiger partial charge in [0.05, 0.1) is 12.3 Å². The minimum atomic E-state index is -0.247. The highest BCUT2D eigenvalue weighted by Crippen LogP contribution is 2.28. The highest BCUT2D eigenvalue weighted by molar-refractivity contribution is 7.99. The van der Waals surface area contributed by atoms with Crippen molar-refractivity contribution in [3.05, 3.63) is 85.8 Å². The molecule has 0 aliphatic carbocycles. The van der Waals surface area contributed by atoms with Gasteiger partial charge in [-0.15, -0.1) is 11.3 Å². The van der Waals surface area contributed by atoms with Crippen LogP contribution < -0.4 is 10.9 Å². The van der Waals surface area contributed by atoms with Gasteiger partial charge in [-0.2, -0.15) is 0 Å². The zero-order valence-corrected chi connectivity index (χ0v) is 20.7. The summed E-state index contributed by atoms with van der Waals surface area (Å²) in [4.78, 5) is 32.1. The second kappa shape index (κ2) is 9.12. The SMILES string of the molecule is Cc1cc(C)c(NC(=O)CSc2nc3c(oc4ccccc43)c(=O)n2Cc2cccs2)c(C)c1. The van der Waals surface area contributed by atoms with Crippen LogP contribution in [-0.2, 0) is 11.3 Å². The zero-order valence-electron chi connectivity index (χ0n) is 19.0. The number of hydrogen-bond donors (Lipinski definition) is 1. The fourth-order valence-corrected chi connectivity index (χ4v) is 5.63. The number of fused-ring (bicyclic) bond motifs is 3. The Kier molecular flexibility index (Phi) is 6.02. The van der Waals surface area contributed by atoms with Gasteiger partial charge in [-0.1, -0.05) is 47.7 Å². The first-order valence-electron chi connectivity index (χ1n) is 10.9. The van der Waals surface area contributed by atoms with Gasteiger partial charge >= 0.3 is 0 Å². The number of aryl methyl sites for hydroxylation is 3. The first kappa shape index (κ1) is 22.4. The van der Waals surface area contributed by atoms with E-state index < -0.39 is 0 Å². The van der Waals surface area contributed by atoms with Gasteiger partial charge in [0.1, 0.15) is 11.1 Å². The number of nitrogens with zero attached hydrogens (tertiary/aromatic N) is 2. The Morgan fingerprint density at radius 2 is 1.88 bits per heavy atom. The lowest BCUT2D eigenvalue weighted by Crippen LogP contribution is -2.24. The van der Waals surface area contributed by atoms with Gasteiger partial charge in [0.15, 0.2) is 5.16 Å². The third kappa shape index (κ3) is 4.26. The van der Waals surface area contributed by atoms with Crippen molar-refractivity contribution in [2.45, 2.75) is 32.5 Å². The number of carbonyl (C=O) groups is 1. The van der Waals surface area contributed by atoms with Crippen LogP contribution in [0.15, 0.2) is 68.3 Å². The summed E-state index contributed by atoms with van der Waals surface area (Å²) in [7, 11) is 0. The van der Waals surface area contributed by atoms with Crippen LogP contribution in [0.3, 0.4) is 0 Å². The number of thiophene rings is 1. The molecule has 0 saturated carbocycles. The van der Waals surface area contributed by atoms with Gasteiger partial charge in [-0.05, 0) is 55.5 Å². The quantitative estimate of drug-likeness (QED) is 0.237. The molecule has 0 aliphatic rings. The van der Waals surface area contributed by atoms with Crippen LogP contribution in [-0.4, -0.2) is 21.2 Å². The number of rotatable bonds is 6. The van der Waals surface area contributed by atoms with E-state index in [4.69, 9.17) is 9.40 Å². The van der Waals surface area contributed by atoms with E-state index in [2.05, 4.69) is 5.32 Å². The molecule has 8 heteroatoms. The molecule has 6 nitrogen and oxygen atoms in total. The van der Waals surface area contributed by atoms with Crippen molar-refractivity contribution in [2.24, 2.45) is 0 Å². The number of para-hydroxylation sites is 1. The molecule has 0 atom stereocenters. The summed E-state index contributed by atoms with van der Waals surface area (Å²) in [6, 6.07) is 15.5. The average Bonchev–Trinajstić information content (AvgIpc) is 3.45. The predicted molar refractivity (Wildman–Crippen MR) is 139 cm³/mol. The van der Waals surface area contributed by atoms with Gasteiger partial charge < -0.3 is 9.73 Å². The van der Waals surface area contributed by atoms with E-state index in [1.165, 1.54) is 11.8 Å². The molecular weight excluding hydrogens is 466 g/mol. The van der Waals surface area contributed by atoms with E-state index >= 15 is 0 Å². The smallest absolute Gasteiger partial charge is 0.298 e. The van der Waals surface area contributed by atoms with Crippen molar-refractivity contribution < 1.29 is 9.21 Å². The maximum Gasteiger partial charge on any atom is 0.298 e. The Morgan fingerprint density at radius 1 is 1.12 bits per heavy atom. The highest BCUT2D eigenvalue weighted by Gasteiger charge is 2.19. The Hall–Kier alpha value is -3.36. The van der Waals surface area contributed by atoms with Crippen molar-refractivity contribution >= 4 is 56.8 Å². The van der Waals surface area contributed by atoms with E-state index in [1.54, 1.807) is 15.9 Å². The van der Waals surface area contributed by atoms with Crippen molar-refractivity contribution in [1.82, 2.24) is 9.55 Å². The minimum Gasteiger partial charge on any atom is -0.448 e. The maximum absolute atomic E-state index is 13.4. The Labute approximate surface area is 204 Å². The molecule has 5 rings (SSSR count). The summed E-state index contributed by atoms with van der Waals surface area (Å²) < 4.78 is 7.45. The van der Waals surface area contributed by atoms with Gasteiger partial charge in [-0.25, -0.2) is 4.98 Å². The monoisotopic (exact) mass is 489 g/mol. The molecule has 172 valence electrons. The predicted octanol–water partition coefficient (Wildman–Crippen LogP) is 5.91. The molecule has 0 fully saturated rings. The van der Waals surface area contributed by atoms with E-state index in [0.717, 1.165) is 32.6 Å². The van der Waals surface area contributed by atoms with Gasteiger partial charge in [0.2, 0.25) is 11.5 Å². The molecule has 0 bridgehead atoms. The summed E-state index contributed by atoms with van der Waals surface area (Å²) in [5, 5.41) is 6.28. The summed E-state index contributed by atoms with van der Waals surface area (Å²) >= 11 is 2.82. The van der Waals surface area contributed by atoms with Crippen LogP contribution in [0.4, 0.5) is 5.69 Å². The summed E-state index contributed by atoms with van der Waals surface area (Å²) in [5.41, 5.74) is 5.16.